The Bertz CT molecular complexity index is 535. The third-order valence-corrected chi connectivity index (χ3v) is 3.73. The van der Waals surface area contributed by atoms with Gasteiger partial charge in [0.1, 0.15) is 0 Å². The van der Waals surface area contributed by atoms with E-state index in [9.17, 15) is 4.79 Å². The maximum atomic E-state index is 11.1. The molecule has 1 aromatic heterocycles. The normalized spacial score (nSPS) is 10.9. The molecule has 0 radical (unpaired) electrons. The zero-order valence-corrected chi connectivity index (χ0v) is 13.6. The van der Waals surface area contributed by atoms with E-state index in [1.54, 1.807) is 25.1 Å². The second-order valence-electron chi connectivity index (χ2n) is 4.34. The van der Waals surface area contributed by atoms with Crippen molar-refractivity contribution in [3.05, 3.63) is 17.7 Å². The van der Waals surface area contributed by atoms with Crippen molar-refractivity contribution in [3.63, 3.8) is 0 Å². The second kappa shape index (κ2) is 10.5. The van der Waals surface area contributed by atoms with Crippen LogP contribution in [0.2, 0.25) is 0 Å². The molecule has 0 bridgehead atoms. The lowest BCUT2D eigenvalue weighted by atomic mass is 10.4. The number of thioether (sulfide) groups is 1. The SMILES string of the molecule is CNC(=O)CCNC(=NCCSCc1nc[nH]c1C)NC#N. The summed E-state index contributed by atoms with van der Waals surface area (Å²) in [6.07, 6.45) is 3.84. The number of imidazole rings is 1. The molecule has 4 N–H and O–H groups in total. The number of carbonyl (C=O) groups is 1. The first kappa shape index (κ1) is 17.8. The van der Waals surface area contributed by atoms with E-state index in [-0.39, 0.29) is 5.91 Å². The highest BCUT2D eigenvalue weighted by Gasteiger charge is 2.02. The standard InChI is InChI=1S/C13H21N7OS/c1-10-11(20-9-19-10)7-22-6-5-17-13(18-8-14)16-4-3-12(21)15-2/h9H,3-7H2,1-2H3,(H,15,21)(H,19,20)(H2,16,17,18). The maximum absolute atomic E-state index is 11.1. The van der Waals surface area contributed by atoms with Crippen molar-refractivity contribution >= 4 is 23.6 Å². The van der Waals surface area contributed by atoms with Crippen LogP contribution in [0.5, 0.6) is 0 Å². The summed E-state index contributed by atoms with van der Waals surface area (Å²) in [5, 5.41) is 16.6. The maximum Gasteiger partial charge on any atom is 0.221 e. The minimum absolute atomic E-state index is 0.0614. The number of rotatable bonds is 8. The molecule has 1 heterocycles. The minimum atomic E-state index is -0.0614. The fraction of sp³-hybridized carbons (Fsp3) is 0.538. The zero-order chi connectivity index (χ0) is 16.2. The van der Waals surface area contributed by atoms with Crippen molar-refractivity contribution in [3.8, 4) is 6.19 Å². The van der Waals surface area contributed by atoms with E-state index in [1.807, 2.05) is 13.1 Å². The van der Waals surface area contributed by atoms with Crippen LogP contribution in [0.4, 0.5) is 0 Å². The fourth-order valence-electron chi connectivity index (χ4n) is 1.54. The number of guanidine groups is 1. The quantitative estimate of drug-likeness (QED) is 0.177. The van der Waals surface area contributed by atoms with E-state index in [0.29, 0.717) is 25.5 Å². The first-order chi connectivity index (χ1) is 10.7. The average Bonchev–Trinajstić information content (AvgIpc) is 2.92. The van der Waals surface area contributed by atoms with E-state index >= 15 is 0 Å². The van der Waals surface area contributed by atoms with Crippen molar-refractivity contribution in [2.45, 2.75) is 19.1 Å². The predicted octanol–water partition coefficient (Wildman–Crippen LogP) is 0.104. The number of hydrogen-bond donors (Lipinski definition) is 4. The molecule has 1 amide bonds. The lowest BCUT2D eigenvalue weighted by Gasteiger charge is -2.07. The topological polar surface area (TPSA) is 118 Å². The number of nitriles is 1. The van der Waals surface area contributed by atoms with Gasteiger partial charge < -0.3 is 15.6 Å². The Morgan fingerprint density at radius 1 is 1.59 bits per heavy atom. The third kappa shape index (κ3) is 6.99. The number of H-pyrrole nitrogens is 1. The molecule has 0 aromatic carbocycles. The summed E-state index contributed by atoms with van der Waals surface area (Å²) in [7, 11) is 1.59. The highest BCUT2D eigenvalue weighted by Crippen LogP contribution is 2.11. The lowest BCUT2D eigenvalue weighted by Crippen LogP contribution is -2.37. The molecule has 1 aromatic rings. The molecule has 9 heteroatoms. The van der Waals surface area contributed by atoms with Crippen molar-refractivity contribution in [1.29, 1.82) is 5.26 Å². The van der Waals surface area contributed by atoms with Gasteiger partial charge in [0, 0.05) is 37.2 Å². The largest absolute Gasteiger partial charge is 0.359 e. The number of aromatic nitrogens is 2. The molecular weight excluding hydrogens is 302 g/mol. The van der Waals surface area contributed by atoms with Crippen LogP contribution in [0.1, 0.15) is 17.8 Å². The highest BCUT2D eigenvalue weighted by atomic mass is 32.2. The third-order valence-electron chi connectivity index (χ3n) is 2.78. The summed E-state index contributed by atoms with van der Waals surface area (Å²) in [5.41, 5.74) is 2.13. The van der Waals surface area contributed by atoms with Gasteiger partial charge >= 0.3 is 0 Å². The summed E-state index contributed by atoms with van der Waals surface area (Å²) in [6.45, 7) is 2.99. The van der Waals surface area contributed by atoms with Gasteiger partial charge in [0.15, 0.2) is 6.19 Å². The number of aryl methyl sites for hydroxylation is 1. The molecule has 8 nitrogen and oxygen atoms in total. The number of carbonyl (C=O) groups excluding carboxylic acids is 1. The number of aliphatic imine (C=N–C) groups is 1. The van der Waals surface area contributed by atoms with Crippen LogP contribution in [0, 0.1) is 18.4 Å². The number of amides is 1. The van der Waals surface area contributed by atoms with Crippen LogP contribution < -0.4 is 16.0 Å². The molecule has 1 rings (SSSR count). The molecule has 0 atom stereocenters. The summed E-state index contributed by atoms with van der Waals surface area (Å²) in [4.78, 5) is 22.6. The van der Waals surface area contributed by atoms with E-state index in [1.165, 1.54) is 0 Å². The molecule has 0 saturated carbocycles. The van der Waals surface area contributed by atoms with E-state index in [2.05, 4.69) is 30.9 Å². The number of nitrogens with one attached hydrogen (secondary N) is 4. The zero-order valence-electron chi connectivity index (χ0n) is 12.8. The van der Waals surface area contributed by atoms with Gasteiger partial charge in [0.2, 0.25) is 11.9 Å². The minimum Gasteiger partial charge on any atom is -0.359 e. The smallest absolute Gasteiger partial charge is 0.221 e. The molecule has 0 spiro atoms. The van der Waals surface area contributed by atoms with Gasteiger partial charge in [0.25, 0.3) is 0 Å². The summed E-state index contributed by atoms with van der Waals surface area (Å²) in [6, 6.07) is 0. The Hall–Kier alpha value is -2.21. The van der Waals surface area contributed by atoms with Gasteiger partial charge in [-0.15, -0.1) is 0 Å². The highest BCUT2D eigenvalue weighted by molar-refractivity contribution is 7.98. The summed E-state index contributed by atoms with van der Waals surface area (Å²) < 4.78 is 0. The van der Waals surface area contributed by atoms with Crippen LogP contribution in [0.25, 0.3) is 0 Å². The Kier molecular flexibility index (Phi) is 8.52. The molecule has 0 aliphatic heterocycles. The molecule has 0 saturated heterocycles. The second-order valence-corrected chi connectivity index (χ2v) is 5.45. The molecule has 120 valence electrons. The van der Waals surface area contributed by atoms with E-state index < -0.39 is 0 Å². The summed E-state index contributed by atoms with van der Waals surface area (Å²) in [5.74, 6) is 1.98. The van der Waals surface area contributed by atoms with Crippen molar-refractivity contribution in [1.82, 2.24) is 25.9 Å². The number of hydrogen-bond acceptors (Lipinski definition) is 5. The predicted molar refractivity (Wildman–Crippen MR) is 87.2 cm³/mol. The Balaban J connectivity index is 2.25. The molecule has 0 aliphatic rings. The van der Waals surface area contributed by atoms with E-state index in [4.69, 9.17) is 5.26 Å². The van der Waals surface area contributed by atoms with Gasteiger partial charge in [-0.05, 0) is 6.92 Å². The molecule has 0 fully saturated rings. The van der Waals surface area contributed by atoms with Crippen molar-refractivity contribution < 1.29 is 4.79 Å². The van der Waals surface area contributed by atoms with Gasteiger partial charge in [-0.2, -0.15) is 17.0 Å². The monoisotopic (exact) mass is 323 g/mol. The Morgan fingerprint density at radius 3 is 3.05 bits per heavy atom. The molecule has 22 heavy (non-hydrogen) atoms. The Labute approximate surface area is 134 Å². The van der Waals surface area contributed by atoms with Crippen LogP contribution >= 0.6 is 11.8 Å². The van der Waals surface area contributed by atoms with Crippen LogP contribution in [-0.4, -0.2) is 47.7 Å². The average molecular weight is 323 g/mol. The van der Waals surface area contributed by atoms with Gasteiger partial charge in [-0.1, -0.05) is 0 Å². The fourth-order valence-corrected chi connectivity index (χ4v) is 2.38. The molecular formula is C13H21N7OS. The van der Waals surface area contributed by atoms with Crippen LogP contribution in [-0.2, 0) is 10.5 Å². The number of aromatic amines is 1. The van der Waals surface area contributed by atoms with Gasteiger partial charge in [0.05, 0.1) is 18.6 Å². The van der Waals surface area contributed by atoms with Gasteiger partial charge in [-0.25, -0.2) is 4.98 Å². The first-order valence-electron chi connectivity index (χ1n) is 6.88. The van der Waals surface area contributed by atoms with Gasteiger partial charge in [-0.3, -0.25) is 15.1 Å². The molecule has 0 aliphatic carbocycles. The summed E-state index contributed by atoms with van der Waals surface area (Å²) >= 11 is 1.73. The van der Waals surface area contributed by atoms with Crippen molar-refractivity contribution in [2.75, 3.05) is 25.9 Å². The van der Waals surface area contributed by atoms with Crippen molar-refractivity contribution in [2.24, 2.45) is 4.99 Å². The van der Waals surface area contributed by atoms with E-state index in [0.717, 1.165) is 22.9 Å². The molecule has 0 unspecified atom stereocenters. The Morgan fingerprint density at radius 2 is 2.41 bits per heavy atom. The van der Waals surface area contributed by atoms with Crippen LogP contribution in [0.15, 0.2) is 11.3 Å². The van der Waals surface area contributed by atoms with Crippen LogP contribution in [0.3, 0.4) is 0 Å². The lowest BCUT2D eigenvalue weighted by molar-refractivity contribution is -0.120. The first-order valence-corrected chi connectivity index (χ1v) is 8.03. The number of nitrogens with zero attached hydrogens (tertiary/aromatic N) is 3.